The maximum atomic E-state index is 4.78. The van der Waals surface area contributed by atoms with Crippen LogP contribution in [0.3, 0.4) is 0 Å². The Labute approximate surface area is 144 Å². The first-order valence-corrected chi connectivity index (χ1v) is 11.1. The van der Waals surface area contributed by atoms with E-state index in [1.54, 1.807) is 0 Å². The van der Waals surface area contributed by atoms with Gasteiger partial charge in [0.05, 0.1) is 29.0 Å². The van der Waals surface area contributed by atoms with E-state index in [0.29, 0.717) is 12.4 Å². The smallest absolute Gasteiger partial charge is 0.112 e. The molecule has 0 spiro atoms. The molecule has 0 aliphatic rings. The molecule has 3 aromatic heterocycles. The molecule has 0 saturated carbocycles. The van der Waals surface area contributed by atoms with Crippen LogP contribution >= 0.6 is 28.4 Å². The third-order valence-electron chi connectivity index (χ3n) is 3.26. The minimum atomic E-state index is 0.373. The number of pyridine rings is 2. The van der Waals surface area contributed by atoms with Crippen LogP contribution in [0.2, 0.25) is 0 Å². The van der Waals surface area contributed by atoms with Crippen LogP contribution < -0.4 is 5.32 Å². The number of nitrogens with zero attached hydrogens (tertiary/aromatic N) is 4. The van der Waals surface area contributed by atoms with Crippen molar-refractivity contribution in [3.8, 4) is 11.3 Å². The van der Waals surface area contributed by atoms with Gasteiger partial charge >= 0.3 is 0 Å². The first-order valence-electron chi connectivity index (χ1n) is 7.03. The van der Waals surface area contributed by atoms with Crippen molar-refractivity contribution in [1.82, 2.24) is 19.5 Å². The van der Waals surface area contributed by atoms with Gasteiger partial charge in [-0.15, -0.1) is 0 Å². The highest BCUT2D eigenvalue weighted by Crippen LogP contribution is 2.31. The van der Waals surface area contributed by atoms with Crippen molar-refractivity contribution < 1.29 is 0 Å². The standard InChI is InChI=1S/C15H17IN5P/c1-9(2)18-12-6-11(7-17-8-12)13-4-5-14-15(19-13)10(3)20-21(14)22-16/h4-9,18,22H,1-3H3. The summed E-state index contributed by atoms with van der Waals surface area (Å²) in [5.74, 6) is 0. The first-order chi connectivity index (χ1) is 10.6. The number of hydrogen-bond donors (Lipinski definition) is 1. The highest BCUT2D eigenvalue weighted by atomic mass is 127. The molecule has 1 atom stereocenters. The van der Waals surface area contributed by atoms with Crippen molar-refractivity contribution in [2.24, 2.45) is 0 Å². The summed E-state index contributed by atoms with van der Waals surface area (Å²) in [7, 11) is 0. The second kappa shape index (κ2) is 6.46. The lowest BCUT2D eigenvalue weighted by atomic mass is 10.1. The number of fused-ring (bicyclic) bond motifs is 1. The molecule has 7 heteroatoms. The number of hydrogen-bond acceptors (Lipinski definition) is 4. The molecular weight excluding hydrogens is 408 g/mol. The molecule has 0 aliphatic heterocycles. The van der Waals surface area contributed by atoms with E-state index in [1.165, 1.54) is 0 Å². The van der Waals surface area contributed by atoms with E-state index in [9.17, 15) is 0 Å². The van der Waals surface area contributed by atoms with Crippen LogP contribution in [0.1, 0.15) is 19.5 Å². The normalized spacial score (nSPS) is 11.9. The Kier molecular flexibility index (Phi) is 4.59. The average molecular weight is 425 g/mol. The van der Waals surface area contributed by atoms with E-state index in [-0.39, 0.29) is 0 Å². The van der Waals surface area contributed by atoms with E-state index in [0.717, 1.165) is 33.7 Å². The lowest BCUT2D eigenvalue weighted by Crippen LogP contribution is -2.09. The molecule has 22 heavy (non-hydrogen) atoms. The number of aromatic nitrogens is 4. The Balaban J connectivity index is 2.05. The highest BCUT2D eigenvalue weighted by molar-refractivity contribution is 14.2. The van der Waals surface area contributed by atoms with Gasteiger partial charge in [0, 0.05) is 24.0 Å². The topological polar surface area (TPSA) is 55.6 Å². The van der Waals surface area contributed by atoms with Crippen LogP contribution in [-0.4, -0.2) is 25.6 Å². The predicted octanol–water partition coefficient (Wildman–Crippen LogP) is 4.41. The van der Waals surface area contributed by atoms with Gasteiger partial charge in [0.1, 0.15) is 5.52 Å². The summed E-state index contributed by atoms with van der Waals surface area (Å²) in [5.41, 5.74) is 5.95. The number of rotatable bonds is 4. The van der Waals surface area contributed by atoms with Crippen molar-refractivity contribution in [2.75, 3.05) is 5.32 Å². The molecule has 0 fully saturated rings. The maximum absolute atomic E-state index is 4.78. The maximum Gasteiger partial charge on any atom is 0.112 e. The van der Waals surface area contributed by atoms with Crippen molar-refractivity contribution >= 4 is 45.1 Å². The Bertz CT molecular complexity index is 815. The Morgan fingerprint density at radius 1 is 1.27 bits per heavy atom. The zero-order valence-corrected chi connectivity index (χ0v) is 15.8. The van der Waals surface area contributed by atoms with Gasteiger partial charge in [-0.3, -0.25) is 4.98 Å². The fourth-order valence-electron chi connectivity index (χ4n) is 2.36. The second-order valence-electron chi connectivity index (χ2n) is 5.41. The van der Waals surface area contributed by atoms with Crippen LogP contribution in [-0.2, 0) is 0 Å². The van der Waals surface area contributed by atoms with E-state index in [1.807, 2.05) is 29.8 Å². The van der Waals surface area contributed by atoms with E-state index in [4.69, 9.17) is 4.98 Å². The summed E-state index contributed by atoms with van der Waals surface area (Å²) in [6, 6.07) is 6.58. The van der Waals surface area contributed by atoms with E-state index in [2.05, 4.69) is 63.4 Å². The number of halogens is 1. The van der Waals surface area contributed by atoms with Crippen LogP contribution in [0.5, 0.6) is 0 Å². The van der Waals surface area contributed by atoms with Gasteiger partial charge < -0.3 is 5.32 Å². The lowest BCUT2D eigenvalue weighted by Gasteiger charge is -2.10. The van der Waals surface area contributed by atoms with E-state index < -0.39 is 0 Å². The fraction of sp³-hybridized carbons (Fsp3) is 0.267. The molecule has 0 radical (unpaired) electrons. The fourth-order valence-corrected chi connectivity index (χ4v) is 3.92. The van der Waals surface area contributed by atoms with Gasteiger partial charge in [-0.2, -0.15) is 5.10 Å². The van der Waals surface area contributed by atoms with Crippen LogP contribution in [0, 0.1) is 6.92 Å². The first kappa shape index (κ1) is 15.6. The molecule has 1 N–H and O–H groups in total. The number of aryl methyl sites for hydroxylation is 1. The van der Waals surface area contributed by atoms with Crippen molar-refractivity contribution in [1.29, 1.82) is 0 Å². The average Bonchev–Trinajstić information content (AvgIpc) is 2.83. The molecule has 5 nitrogen and oxygen atoms in total. The molecule has 3 aromatic rings. The van der Waals surface area contributed by atoms with Crippen LogP contribution in [0.15, 0.2) is 30.6 Å². The molecule has 114 valence electrons. The molecule has 0 aliphatic carbocycles. The minimum Gasteiger partial charge on any atom is -0.382 e. The molecular formula is C15H17IN5P. The molecule has 0 aromatic carbocycles. The van der Waals surface area contributed by atoms with Crippen molar-refractivity contribution in [3.05, 3.63) is 36.3 Å². The van der Waals surface area contributed by atoms with E-state index >= 15 is 0 Å². The third-order valence-corrected chi connectivity index (χ3v) is 5.14. The van der Waals surface area contributed by atoms with Gasteiger partial charge in [0.2, 0.25) is 0 Å². The second-order valence-corrected chi connectivity index (χ2v) is 7.45. The molecule has 0 bridgehead atoms. The molecule has 3 rings (SSSR count). The zero-order valence-electron chi connectivity index (χ0n) is 12.6. The monoisotopic (exact) mass is 425 g/mol. The zero-order chi connectivity index (χ0) is 15.7. The van der Waals surface area contributed by atoms with Crippen molar-refractivity contribution in [3.63, 3.8) is 0 Å². The Morgan fingerprint density at radius 3 is 2.82 bits per heavy atom. The van der Waals surface area contributed by atoms with Crippen LogP contribution in [0.25, 0.3) is 22.3 Å². The summed E-state index contributed by atoms with van der Waals surface area (Å²) in [5, 5.41) is 7.90. The third kappa shape index (κ3) is 3.08. The lowest BCUT2D eigenvalue weighted by molar-refractivity contribution is 0.898. The summed E-state index contributed by atoms with van der Waals surface area (Å²) in [6.07, 6.45) is 4.26. The summed E-state index contributed by atoms with van der Waals surface area (Å²) < 4.78 is 2.00. The van der Waals surface area contributed by atoms with Gasteiger partial charge in [-0.05, 0) is 61.0 Å². The largest absolute Gasteiger partial charge is 0.382 e. The Morgan fingerprint density at radius 2 is 2.09 bits per heavy atom. The molecule has 0 amide bonds. The number of anilines is 1. The summed E-state index contributed by atoms with van der Waals surface area (Å²) in [4.78, 5) is 9.10. The SMILES string of the molecule is Cc1nn(PI)c2ccc(-c3cncc(NC(C)C)c3)nc12. The number of nitrogens with one attached hydrogen (secondary N) is 1. The van der Waals surface area contributed by atoms with Gasteiger partial charge in [-0.25, -0.2) is 9.44 Å². The van der Waals surface area contributed by atoms with Crippen molar-refractivity contribution in [2.45, 2.75) is 26.8 Å². The van der Waals surface area contributed by atoms with Gasteiger partial charge in [0.15, 0.2) is 0 Å². The predicted molar refractivity (Wildman–Crippen MR) is 102 cm³/mol. The molecule has 3 heterocycles. The van der Waals surface area contributed by atoms with Gasteiger partial charge in [-0.1, -0.05) is 0 Å². The molecule has 1 unspecified atom stereocenters. The molecule has 0 saturated heterocycles. The quantitative estimate of drug-likeness (QED) is 0.497. The Hall–Kier alpha value is -1.27. The minimum absolute atomic E-state index is 0.373. The summed E-state index contributed by atoms with van der Waals surface area (Å²) in [6.45, 7) is 6.22. The highest BCUT2D eigenvalue weighted by Gasteiger charge is 2.10. The van der Waals surface area contributed by atoms with Gasteiger partial charge in [0.25, 0.3) is 0 Å². The summed E-state index contributed by atoms with van der Waals surface area (Å²) >= 11 is 2.33. The van der Waals surface area contributed by atoms with Crippen LogP contribution in [0.4, 0.5) is 5.69 Å².